The number of benzene rings is 2. The second-order valence-electron chi connectivity index (χ2n) is 8.24. The van der Waals surface area contributed by atoms with Gasteiger partial charge in [-0.3, -0.25) is 4.79 Å². The Bertz CT molecular complexity index is 1030. The SMILES string of the molecule is CCc1cc(C(F)(C(C)(F)F)C(F)(F)F)cc(C)c1NC(=O)c1ccc2c(c1)CCC2N. The average molecular weight is 458 g/mol. The van der Waals surface area contributed by atoms with Crippen molar-refractivity contribution in [3.05, 3.63) is 63.7 Å². The summed E-state index contributed by atoms with van der Waals surface area (Å²) in [5.41, 5.74) is 2.51. The van der Waals surface area contributed by atoms with E-state index in [1.807, 2.05) is 0 Å². The molecule has 0 heterocycles. The zero-order chi connectivity index (χ0) is 24.1. The largest absolute Gasteiger partial charge is 0.432 e. The third-order valence-electron chi connectivity index (χ3n) is 5.96. The summed E-state index contributed by atoms with van der Waals surface area (Å²) in [5, 5.41) is 2.64. The van der Waals surface area contributed by atoms with E-state index in [1.165, 1.54) is 6.92 Å². The second-order valence-corrected chi connectivity index (χ2v) is 8.24. The van der Waals surface area contributed by atoms with E-state index in [9.17, 15) is 31.1 Å². The molecular weight excluding hydrogens is 434 g/mol. The van der Waals surface area contributed by atoms with Crippen LogP contribution in [0.25, 0.3) is 0 Å². The maximum Gasteiger partial charge on any atom is 0.432 e. The normalized spacial score (nSPS) is 18.2. The van der Waals surface area contributed by atoms with Crippen LogP contribution in [0.15, 0.2) is 30.3 Å². The highest BCUT2D eigenvalue weighted by Crippen LogP contribution is 2.53. The van der Waals surface area contributed by atoms with Crippen LogP contribution in [0.2, 0.25) is 0 Å². The topological polar surface area (TPSA) is 55.1 Å². The van der Waals surface area contributed by atoms with E-state index in [-0.39, 0.29) is 36.2 Å². The third kappa shape index (κ3) is 3.98. The summed E-state index contributed by atoms with van der Waals surface area (Å²) in [6.07, 6.45) is -4.24. The van der Waals surface area contributed by atoms with E-state index in [0.717, 1.165) is 30.0 Å². The third-order valence-corrected chi connectivity index (χ3v) is 5.96. The molecule has 0 bridgehead atoms. The summed E-state index contributed by atoms with van der Waals surface area (Å²) in [4.78, 5) is 12.8. The lowest BCUT2D eigenvalue weighted by Crippen LogP contribution is -2.51. The van der Waals surface area contributed by atoms with Gasteiger partial charge in [-0.15, -0.1) is 0 Å². The van der Waals surface area contributed by atoms with Gasteiger partial charge in [-0.2, -0.15) is 13.2 Å². The smallest absolute Gasteiger partial charge is 0.324 e. The average Bonchev–Trinajstić information content (AvgIpc) is 3.07. The standard InChI is InChI=1S/C23H24F6N2O/c1-4-13-11-16(22(26,21(3,24)25)23(27,28)29)9-12(2)19(13)31-20(32)15-5-7-17-14(10-15)6-8-18(17)30/h5,7,9-11,18H,4,6,8,30H2,1-3H3,(H,31,32). The van der Waals surface area contributed by atoms with Crippen molar-refractivity contribution in [1.29, 1.82) is 0 Å². The first kappa shape index (κ1) is 24.1. The van der Waals surface area contributed by atoms with Gasteiger partial charge in [0.05, 0.1) is 0 Å². The Balaban J connectivity index is 2.00. The Hall–Kier alpha value is -2.55. The number of nitrogens with two attached hydrogens (primary N) is 1. The predicted molar refractivity (Wildman–Crippen MR) is 110 cm³/mol. The second kappa shape index (κ2) is 8.10. The van der Waals surface area contributed by atoms with E-state index in [1.54, 1.807) is 25.1 Å². The highest BCUT2D eigenvalue weighted by atomic mass is 19.4. The lowest BCUT2D eigenvalue weighted by atomic mass is 9.86. The van der Waals surface area contributed by atoms with Crippen LogP contribution < -0.4 is 11.1 Å². The molecule has 174 valence electrons. The number of carbonyl (C=O) groups excluding carboxylic acids is 1. The molecule has 0 saturated heterocycles. The highest BCUT2D eigenvalue weighted by Gasteiger charge is 2.70. The molecule has 2 unspecified atom stereocenters. The van der Waals surface area contributed by atoms with Gasteiger partial charge in [0.2, 0.25) is 0 Å². The number of halogens is 6. The first-order valence-electron chi connectivity index (χ1n) is 10.2. The van der Waals surface area contributed by atoms with Gasteiger partial charge in [0.1, 0.15) is 0 Å². The van der Waals surface area contributed by atoms with Crippen LogP contribution >= 0.6 is 0 Å². The number of anilines is 1. The Morgan fingerprint density at radius 3 is 2.34 bits per heavy atom. The molecular formula is C23H24F6N2O. The minimum absolute atomic E-state index is 0.0476. The zero-order valence-electron chi connectivity index (χ0n) is 17.8. The van der Waals surface area contributed by atoms with Crippen molar-refractivity contribution in [3.63, 3.8) is 0 Å². The number of rotatable bonds is 5. The summed E-state index contributed by atoms with van der Waals surface area (Å²) < 4.78 is 82.7. The molecule has 3 N–H and O–H groups in total. The van der Waals surface area contributed by atoms with Crippen LogP contribution in [0.3, 0.4) is 0 Å². The molecule has 3 rings (SSSR count). The summed E-state index contributed by atoms with van der Waals surface area (Å²) in [7, 11) is 0. The lowest BCUT2D eigenvalue weighted by Gasteiger charge is -2.34. The van der Waals surface area contributed by atoms with Crippen molar-refractivity contribution in [2.75, 3.05) is 5.32 Å². The van der Waals surface area contributed by atoms with Gasteiger partial charge in [-0.25, -0.2) is 13.2 Å². The number of hydrogen-bond acceptors (Lipinski definition) is 2. The Kier molecular flexibility index (Phi) is 6.10. The monoisotopic (exact) mass is 458 g/mol. The van der Waals surface area contributed by atoms with Gasteiger partial charge in [-0.05, 0) is 66.6 Å². The number of aryl methyl sites for hydroxylation is 3. The van der Waals surface area contributed by atoms with Crippen LogP contribution in [0.4, 0.5) is 32.0 Å². The lowest BCUT2D eigenvalue weighted by molar-refractivity contribution is -0.304. The van der Waals surface area contributed by atoms with Crippen LogP contribution in [-0.2, 0) is 18.5 Å². The van der Waals surface area contributed by atoms with E-state index in [2.05, 4.69) is 5.32 Å². The van der Waals surface area contributed by atoms with E-state index >= 15 is 0 Å². The van der Waals surface area contributed by atoms with Crippen molar-refractivity contribution in [2.45, 2.75) is 63.8 Å². The Morgan fingerprint density at radius 2 is 1.78 bits per heavy atom. The fourth-order valence-electron chi connectivity index (χ4n) is 4.16. The molecule has 9 heteroatoms. The van der Waals surface area contributed by atoms with Crippen molar-refractivity contribution in [3.8, 4) is 0 Å². The van der Waals surface area contributed by atoms with Crippen LogP contribution in [0.5, 0.6) is 0 Å². The maximum atomic E-state index is 14.9. The minimum Gasteiger partial charge on any atom is -0.324 e. The summed E-state index contributed by atoms with van der Waals surface area (Å²) >= 11 is 0. The number of fused-ring (bicyclic) bond motifs is 1. The van der Waals surface area contributed by atoms with Gasteiger partial charge in [0, 0.05) is 29.8 Å². The Labute approximate surface area is 182 Å². The molecule has 2 aromatic rings. The van der Waals surface area contributed by atoms with Crippen molar-refractivity contribution in [1.82, 2.24) is 0 Å². The van der Waals surface area contributed by atoms with Crippen LogP contribution in [0.1, 0.15) is 64.5 Å². The fraction of sp³-hybridized carbons (Fsp3) is 0.435. The molecule has 1 aliphatic rings. The van der Waals surface area contributed by atoms with Gasteiger partial charge in [0.15, 0.2) is 0 Å². The molecule has 0 fully saturated rings. The quantitative estimate of drug-likeness (QED) is 0.529. The number of alkyl halides is 6. The molecule has 0 spiro atoms. The van der Waals surface area contributed by atoms with Gasteiger partial charge in [0.25, 0.3) is 17.5 Å². The molecule has 32 heavy (non-hydrogen) atoms. The predicted octanol–water partition coefficient (Wildman–Crippen LogP) is 6.14. The highest BCUT2D eigenvalue weighted by molar-refractivity contribution is 6.05. The van der Waals surface area contributed by atoms with Crippen LogP contribution in [-0.4, -0.2) is 18.0 Å². The fourth-order valence-corrected chi connectivity index (χ4v) is 4.16. The van der Waals surface area contributed by atoms with Crippen molar-refractivity contribution < 1.29 is 31.1 Å². The molecule has 0 aromatic heterocycles. The molecule has 0 aliphatic heterocycles. The minimum atomic E-state index is -5.83. The number of hydrogen-bond donors (Lipinski definition) is 2. The van der Waals surface area contributed by atoms with Gasteiger partial charge in [-0.1, -0.05) is 19.1 Å². The summed E-state index contributed by atoms with van der Waals surface area (Å²) in [5.74, 6) is -5.22. The zero-order valence-corrected chi connectivity index (χ0v) is 17.8. The van der Waals surface area contributed by atoms with Crippen LogP contribution in [0, 0.1) is 6.92 Å². The molecule has 1 aliphatic carbocycles. The van der Waals surface area contributed by atoms with Crippen molar-refractivity contribution >= 4 is 11.6 Å². The molecule has 2 aromatic carbocycles. The molecule has 0 saturated carbocycles. The molecule has 2 atom stereocenters. The summed E-state index contributed by atoms with van der Waals surface area (Å²) in [6, 6.07) is 6.44. The van der Waals surface area contributed by atoms with E-state index in [0.29, 0.717) is 11.6 Å². The molecule has 1 amide bonds. The van der Waals surface area contributed by atoms with E-state index < -0.39 is 29.2 Å². The maximum absolute atomic E-state index is 14.9. The first-order valence-corrected chi connectivity index (χ1v) is 10.2. The van der Waals surface area contributed by atoms with Gasteiger partial charge < -0.3 is 11.1 Å². The Morgan fingerprint density at radius 1 is 1.12 bits per heavy atom. The number of nitrogens with one attached hydrogen (secondary N) is 1. The number of amides is 1. The first-order chi connectivity index (χ1) is 14.7. The molecule has 3 nitrogen and oxygen atoms in total. The number of carbonyl (C=O) groups is 1. The molecule has 0 radical (unpaired) electrons. The van der Waals surface area contributed by atoms with Crippen molar-refractivity contribution in [2.24, 2.45) is 5.73 Å². The van der Waals surface area contributed by atoms with Gasteiger partial charge >= 0.3 is 6.18 Å². The van der Waals surface area contributed by atoms with E-state index in [4.69, 9.17) is 5.73 Å². The summed E-state index contributed by atoms with van der Waals surface area (Å²) in [6.45, 7) is 2.81.